The van der Waals surface area contributed by atoms with Crippen LogP contribution in [0.1, 0.15) is 11.4 Å². The molecular formula is C16H15N3S. The number of nitrogens with zero attached hydrogens (tertiary/aromatic N) is 2. The maximum Gasteiger partial charge on any atom is 0.141 e. The lowest BCUT2D eigenvalue weighted by Crippen LogP contribution is -1.99. The van der Waals surface area contributed by atoms with Crippen molar-refractivity contribution in [2.75, 3.05) is 5.73 Å². The molecule has 0 bridgehead atoms. The molecular weight excluding hydrogens is 266 g/mol. The van der Waals surface area contributed by atoms with Crippen LogP contribution in [-0.2, 0) is 5.75 Å². The fourth-order valence-corrected chi connectivity index (χ4v) is 2.96. The quantitative estimate of drug-likeness (QED) is 0.742. The first-order chi connectivity index (χ1) is 9.74. The van der Waals surface area contributed by atoms with Gasteiger partial charge < -0.3 is 5.73 Å². The van der Waals surface area contributed by atoms with Crippen molar-refractivity contribution in [1.29, 1.82) is 0 Å². The lowest BCUT2D eigenvalue weighted by Gasteiger charge is -2.06. The topological polar surface area (TPSA) is 51.8 Å². The van der Waals surface area contributed by atoms with Gasteiger partial charge in [-0.15, -0.1) is 11.8 Å². The number of nitrogens with two attached hydrogens (primary N) is 1. The molecule has 0 aliphatic heterocycles. The summed E-state index contributed by atoms with van der Waals surface area (Å²) in [4.78, 5) is 10.2. The molecule has 1 aromatic heterocycles. The van der Waals surface area contributed by atoms with E-state index in [1.807, 2.05) is 36.4 Å². The van der Waals surface area contributed by atoms with E-state index in [1.165, 1.54) is 10.5 Å². The van der Waals surface area contributed by atoms with Crippen LogP contribution < -0.4 is 5.73 Å². The third-order valence-electron chi connectivity index (χ3n) is 3.13. The molecule has 20 heavy (non-hydrogen) atoms. The minimum atomic E-state index is 0.552. The highest BCUT2D eigenvalue weighted by Gasteiger charge is 2.06. The first-order valence-corrected chi connectivity index (χ1v) is 7.42. The van der Waals surface area contributed by atoms with Crippen molar-refractivity contribution < 1.29 is 0 Å². The Morgan fingerprint density at radius 3 is 2.60 bits per heavy atom. The Morgan fingerprint density at radius 2 is 1.75 bits per heavy atom. The van der Waals surface area contributed by atoms with Crippen LogP contribution in [0.2, 0.25) is 0 Å². The number of anilines is 1. The van der Waals surface area contributed by atoms with Crippen LogP contribution in [0.3, 0.4) is 0 Å². The van der Waals surface area contributed by atoms with Crippen LogP contribution in [0.4, 0.5) is 5.82 Å². The maximum atomic E-state index is 6.00. The Hall–Kier alpha value is -2.07. The summed E-state index contributed by atoms with van der Waals surface area (Å²) in [5.74, 6) is 2.05. The second-order valence-corrected chi connectivity index (χ2v) is 5.61. The number of fused-ring (bicyclic) bond motifs is 1. The van der Waals surface area contributed by atoms with Crippen LogP contribution in [0, 0.1) is 6.92 Å². The SMILES string of the molecule is Cc1ccccc1SCc1nc(N)c2ccccc2n1. The van der Waals surface area contributed by atoms with E-state index < -0.39 is 0 Å². The number of para-hydroxylation sites is 1. The number of hydrogen-bond acceptors (Lipinski definition) is 4. The molecule has 4 heteroatoms. The number of aromatic nitrogens is 2. The third-order valence-corrected chi connectivity index (χ3v) is 4.30. The van der Waals surface area contributed by atoms with Crippen LogP contribution in [0.15, 0.2) is 53.4 Å². The molecule has 3 aromatic rings. The van der Waals surface area contributed by atoms with Crippen molar-refractivity contribution >= 4 is 28.5 Å². The van der Waals surface area contributed by atoms with Gasteiger partial charge >= 0.3 is 0 Å². The Bertz CT molecular complexity index is 756. The first-order valence-electron chi connectivity index (χ1n) is 6.43. The molecule has 1 heterocycles. The summed E-state index contributed by atoms with van der Waals surface area (Å²) in [5, 5.41) is 0.914. The molecule has 0 amide bonds. The molecule has 3 nitrogen and oxygen atoms in total. The fourth-order valence-electron chi connectivity index (χ4n) is 2.08. The van der Waals surface area contributed by atoms with Crippen LogP contribution in [0.25, 0.3) is 10.9 Å². The Kier molecular flexibility index (Phi) is 3.56. The Balaban J connectivity index is 1.86. The van der Waals surface area contributed by atoms with E-state index in [9.17, 15) is 0 Å². The van der Waals surface area contributed by atoms with Crippen LogP contribution >= 0.6 is 11.8 Å². The zero-order valence-corrected chi connectivity index (χ0v) is 12.0. The summed E-state index contributed by atoms with van der Waals surface area (Å²) in [6, 6.07) is 16.1. The predicted molar refractivity (Wildman–Crippen MR) is 84.7 cm³/mol. The van der Waals surface area contributed by atoms with Crippen LogP contribution in [0.5, 0.6) is 0 Å². The molecule has 0 spiro atoms. The molecule has 0 aliphatic rings. The van der Waals surface area contributed by atoms with Crippen molar-refractivity contribution in [3.8, 4) is 0 Å². The molecule has 2 N–H and O–H groups in total. The summed E-state index contributed by atoms with van der Waals surface area (Å²) in [5.41, 5.74) is 8.17. The van der Waals surface area contributed by atoms with Gasteiger partial charge in [0.1, 0.15) is 11.6 Å². The monoisotopic (exact) mass is 281 g/mol. The maximum absolute atomic E-state index is 6.00. The number of thioether (sulfide) groups is 1. The van der Waals surface area contributed by atoms with Gasteiger partial charge in [0.25, 0.3) is 0 Å². The Morgan fingerprint density at radius 1 is 1.00 bits per heavy atom. The third kappa shape index (κ3) is 2.60. The molecule has 100 valence electrons. The van der Waals surface area contributed by atoms with Gasteiger partial charge in [-0.25, -0.2) is 9.97 Å². The van der Waals surface area contributed by atoms with Crippen molar-refractivity contribution in [2.24, 2.45) is 0 Å². The zero-order valence-electron chi connectivity index (χ0n) is 11.2. The highest BCUT2D eigenvalue weighted by atomic mass is 32.2. The van der Waals surface area contributed by atoms with Crippen molar-refractivity contribution in [2.45, 2.75) is 17.6 Å². The van der Waals surface area contributed by atoms with Crippen molar-refractivity contribution in [1.82, 2.24) is 9.97 Å². The van der Waals surface area contributed by atoms with E-state index >= 15 is 0 Å². The molecule has 0 fully saturated rings. The van der Waals surface area contributed by atoms with E-state index in [2.05, 4.69) is 29.0 Å². The lowest BCUT2D eigenvalue weighted by molar-refractivity contribution is 1.07. The highest BCUT2D eigenvalue weighted by Crippen LogP contribution is 2.26. The van der Waals surface area contributed by atoms with E-state index in [1.54, 1.807) is 11.8 Å². The number of hydrogen-bond donors (Lipinski definition) is 1. The van der Waals surface area contributed by atoms with E-state index in [0.29, 0.717) is 5.82 Å². The summed E-state index contributed by atoms with van der Waals surface area (Å²) in [6.07, 6.45) is 0. The minimum absolute atomic E-state index is 0.552. The van der Waals surface area contributed by atoms with E-state index in [0.717, 1.165) is 22.5 Å². The predicted octanol–water partition coefficient (Wildman–Crippen LogP) is 3.81. The molecule has 3 rings (SSSR count). The second kappa shape index (κ2) is 5.51. The van der Waals surface area contributed by atoms with Crippen LogP contribution in [-0.4, -0.2) is 9.97 Å². The average molecular weight is 281 g/mol. The number of benzene rings is 2. The van der Waals surface area contributed by atoms with Gasteiger partial charge in [0.05, 0.1) is 11.3 Å². The summed E-state index contributed by atoms with van der Waals surface area (Å²) in [7, 11) is 0. The van der Waals surface area contributed by atoms with Crippen molar-refractivity contribution in [3.63, 3.8) is 0 Å². The van der Waals surface area contributed by atoms with Gasteiger partial charge in [-0.05, 0) is 30.7 Å². The second-order valence-electron chi connectivity index (χ2n) is 4.60. The van der Waals surface area contributed by atoms with Gasteiger partial charge in [-0.1, -0.05) is 30.3 Å². The van der Waals surface area contributed by atoms with E-state index in [4.69, 9.17) is 5.73 Å². The van der Waals surface area contributed by atoms with Crippen molar-refractivity contribution in [3.05, 3.63) is 59.9 Å². The minimum Gasteiger partial charge on any atom is -0.383 e. The fraction of sp³-hybridized carbons (Fsp3) is 0.125. The normalized spacial score (nSPS) is 10.8. The Labute approximate surface area is 122 Å². The molecule has 2 aromatic carbocycles. The molecule has 0 unspecified atom stereocenters. The van der Waals surface area contributed by atoms with Gasteiger partial charge in [0, 0.05) is 10.3 Å². The molecule has 0 saturated carbocycles. The number of aryl methyl sites for hydroxylation is 1. The first kappa shape index (κ1) is 12.9. The van der Waals surface area contributed by atoms with Gasteiger partial charge in [0.15, 0.2) is 0 Å². The number of nitrogen functional groups attached to an aromatic ring is 1. The van der Waals surface area contributed by atoms with Gasteiger partial charge in [-0.3, -0.25) is 0 Å². The molecule has 0 radical (unpaired) electrons. The summed E-state index contributed by atoms with van der Waals surface area (Å²) < 4.78 is 0. The van der Waals surface area contributed by atoms with Gasteiger partial charge in [-0.2, -0.15) is 0 Å². The molecule has 0 atom stereocenters. The lowest BCUT2D eigenvalue weighted by atomic mass is 10.2. The van der Waals surface area contributed by atoms with Gasteiger partial charge in [0.2, 0.25) is 0 Å². The van der Waals surface area contributed by atoms with E-state index in [-0.39, 0.29) is 0 Å². The summed E-state index contributed by atoms with van der Waals surface area (Å²) >= 11 is 1.74. The summed E-state index contributed by atoms with van der Waals surface area (Å²) in [6.45, 7) is 2.11. The highest BCUT2D eigenvalue weighted by molar-refractivity contribution is 7.98. The largest absolute Gasteiger partial charge is 0.383 e. The average Bonchev–Trinajstić information content (AvgIpc) is 2.46. The number of rotatable bonds is 3. The zero-order chi connectivity index (χ0) is 13.9. The smallest absolute Gasteiger partial charge is 0.141 e. The molecule has 0 saturated heterocycles. The standard InChI is InChI=1S/C16H15N3S/c1-11-6-2-5-9-14(11)20-10-15-18-13-8-4-3-7-12(13)16(17)19-15/h2-9H,10H2,1H3,(H2,17,18,19). The molecule has 0 aliphatic carbocycles.